The third kappa shape index (κ3) is 5.81. The normalized spacial score (nSPS) is 9.94. The second kappa shape index (κ2) is 9.89. The number of aromatic carboxylic acids is 2. The molecule has 0 aliphatic heterocycles. The Kier molecular flexibility index (Phi) is 6.81. The van der Waals surface area contributed by atoms with Gasteiger partial charge in [-0.3, -0.25) is 0 Å². The van der Waals surface area contributed by atoms with E-state index in [1.165, 1.54) is 22.3 Å². The van der Waals surface area contributed by atoms with E-state index in [0.717, 1.165) is 18.2 Å². The number of phenols is 1. The Morgan fingerprint density at radius 2 is 0.871 bits per heavy atom. The molecular weight excluding hydrogens is 392 g/mol. The van der Waals surface area contributed by atoms with Crippen molar-refractivity contribution in [3.8, 4) is 28.0 Å². The number of rotatable bonds is 4. The lowest BCUT2D eigenvalue weighted by atomic mass is 9.99. The summed E-state index contributed by atoms with van der Waals surface area (Å²) in [6, 6.07) is 32.6. The highest BCUT2D eigenvalue weighted by Gasteiger charge is 2.10. The summed E-state index contributed by atoms with van der Waals surface area (Å²) < 4.78 is 0. The van der Waals surface area contributed by atoms with E-state index in [2.05, 4.69) is 72.8 Å². The van der Waals surface area contributed by atoms with Gasteiger partial charge in [0.1, 0.15) is 5.75 Å². The maximum absolute atomic E-state index is 10.4. The van der Waals surface area contributed by atoms with E-state index in [1.807, 2.05) is 12.1 Å². The third-order valence-electron chi connectivity index (χ3n) is 4.49. The molecule has 0 aliphatic rings. The summed E-state index contributed by atoms with van der Waals surface area (Å²) in [6.45, 7) is 0. The van der Waals surface area contributed by atoms with E-state index in [4.69, 9.17) is 15.3 Å². The highest BCUT2D eigenvalue weighted by molar-refractivity contribution is 5.94. The number of carboxylic acid groups (broad SMARTS) is 2. The molecule has 0 radical (unpaired) electrons. The van der Waals surface area contributed by atoms with Gasteiger partial charge < -0.3 is 15.3 Å². The van der Waals surface area contributed by atoms with Gasteiger partial charge in [-0.1, -0.05) is 78.9 Å². The van der Waals surface area contributed by atoms with Crippen LogP contribution in [0.1, 0.15) is 20.7 Å². The fourth-order valence-corrected chi connectivity index (χ4v) is 3.00. The Morgan fingerprint density at radius 1 is 0.484 bits per heavy atom. The smallest absolute Gasteiger partial charge is 0.335 e. The lowest BCUT2D eigenvalue weighted by Gasteiger charge is -2.05. The number of phenolic OH excluding ortho intramolecular Hbond substituents is 1. The molecule has 0 unspecified atom stereocenters. The molecule has 5 heteroatoms. The van der Waals surface area contributed by atoms with Gasteiger partial charge in [-0.05, 0) is 46.5 Å². The largest absolute Gasteiger partial charge is 0.508 e. The zero-order valence-electron chi connectivity index (χ0n) is 16.5. The summed E-state index contributed by atoms with van der Waals surface area (Å²) in [4.78, 5) is 20.8. The predicted octanol–water partition coefficient (Wildman–Crippen LogP) is 5.81. The molecule has 0 spiro atoms. The van der Waals surface area contributed by atoms with Crippen molar-refractivity contribution >= 4 is 11.9 Å². The third-order valence-corrected chi connectivity index (χ3v) is 4.49. The first-order valence-electron chi connectivity index (χ1n) is 9.45. The standard InChI is InChI=1S/C18H14.C8H6O5/c1-3-8-15(9-4-1)17-12-7-13-18(14-17)16-10-5-2-6-11-16;9-6-2-4(7(10)11)1-5(3-6)8(12)13/h1-14H;1-3,9H,(H,10,11)(H,12,13). The molecule has 4 aromatic carbocycles. The number of carboxylic acids is 2. The highest BCUT2D eigenvalue weighted by Crippen LogP contribution is 2.25. The van der Waals surface area contributed by atoms with Crippen LogP contribution in [0, 0.1) is 0 Å². The number of hydrogen-bond acceptors (Lipinski definition) is 3. The van der Waals surface area contributed by atoms with Crippen LogP contribution in [0.15, 0.2) is 103 Å². The van der Waals surface area contributed by atoms with E-state index in [-0.39, 0.29) is 16.9 Å². The van der Waals surface area contributed by atoms with Crippen molar-refractivity contribution in [1.29, 1.82) is 0 Å². The minimum Gasteiger partial charge on any atom is -0.508 e. The van der Waals surface area contributed by atoms with Crippen LogP contribution in [0.25, 0.3) is 22.3 Å². The molecule has 0 saturated heterocycles. The molecule has 0 amide bonds. The van der Waals surface area contributed by atoms with Gasteiger partial charge in [-0.25, -0.2) is 9.59 Å². The van der Waals surface area contributed by atoms with Crippen LogP contribution in [0.5, 0.6) is 5.75 Å². The summed E-state index contributed by atoms with van der Waals surface area (Å²) in [7, 11) is 0. The average molecular weight is 412 g/mol. The predicted molar refractivity (Wildman–Crippen MR) is 119 cm³/mol. The number of carbonyl (C=O) groups is 2. The van der Waals surface area contributed by atoms with Crippen molar-refractivity contribution in [2.24, 2.45) is 0 Å². The molecule has 3 N–H and O–H groups in total. The summed E-state index contributed by atoms with van der Waals surface area (Å²) in [6.07, 6.45) is 0. The maximum Gasteiger partial charge on any atom is 0.335 e. The van der Waals surface area contributed by atoms with Gasteiger partial charge in [0.2, 0.25) is 0 Å². The van der Waals surface area contributed by atoms with Crippen LogP contribution in [0.2, 0.25) is 0 Å². The number of benzene rings is 4. The zero-order chi connectivity index (χ0) is 22.2. The highest BCUT2D eigenvalue weighted by atomic mass is 16.4. The molecular formula is C26H20O5. The Hall–Kier alpha value is -4.38. The van der Waals surface area contributed by atoms with Crippen LogP contribution in [0.4, 0.5) is 0 Å². The molecule has 31 heavy (non-hydrogen) atoms. The fourth-order valence-electron chi connectivity index (χ4n) is 3.00. The Balaban J connectivity index is 0.000000187. The lowest BCUT2D eigenvalue weighted by Crippen LogP contribution is -2.01. The fraction of sp³-hybridized carbons (Fsp3) is 0. The van der Waals surface area contributed by atoms with E-state index in [1.54, 1.807) is 0 Å². The topological polar surface area (TPSA) is 94.8 Å². The molecule has 154 valence electrons. The van der Waals surface area contributed by atoms with Crippen LogP contribution < -0.4 is 0 Å². The van der Waals surface area contributed by atoms with Gasteiger partial charge in [-0.2, -0.15) is 0 Å². The molecule has 0 bridgehead atoms. The van der Waals surface area contributed by atoms with E-state index in [0.29, 0.717) is 0 Å². The van der Waals surface area contributed by atoms with Gasteiger partial charge in [0, 0.05) is 0 Å². The quantitative estimate of drug-likeness (QED) is 0.393. The molecule has 0 atom stereocenters. The SMILES string of the molecule is O=C(O)c1cc(O)cc(C(=O)O)c1.c1ccc(-c2cccc(-c3ccccc3)c2)cc1. The van der Waals surface area contributed by atoms with Gasteiger partial charge in [0.15, 0.2) is 0 Å². The van der Waals surface area contributed by atoms with Gasteiger partial charge >= 0.3 is 11.9 Å². The summed E-state index contributed by atoms with van der Waals surface area (Å²) in [5.74, 6) is -2.94. The first-order chi connectivity index (χ1) is 14.9. The summed E-state index contributed by atoms with van der Waals surface area (Å²) in [5.41, 5.74) is 4.54. The second-order valence-corrected chi connectivity index (χ2v) is 6.69. The van der Waals surface area contributed by atoms with Crippen molar-refractivity contribution in [2.75, 3.05) is 0 Å². The Morgan fingerprint density at radius 3 is 1.26 bits per heavy atom. The molecule has 5 nitrogen and oxygen atoms in total. The van der Waals surface area contributed by atoms with Gasteiger partial charge in [0.05, 0.1) is 11.1 Å². The molecule has 0 aliphatic carbocycles. The molecule has 0 aromatic heterocycles. The van der Waals surface area contributed by atoms with E-state index >= 15 is 0 Å². The first-order valence-corrected chi connectivity index (χ1v) is 9.45. The summed E-state index contributed by atoms with van der Waals surface area (Å²) in [5, 5.41) is 26.0. The van der Waals surface area contributed by atoms with E-state index < -0.39 is 11.9 Å². The minimum absolute atomic E-state index is 0.252. The molecule has 0 saturated carbocycles. The van der Waals surface area contributed by atoms with Crippen molar-refractivity contribution in [1.82, 2.24) is 0 Å². The van der Waals surface area contributed by atoms with Crippen molar-refractivity contribution in [3.63, 3.8) is 0 Å². The van der Waals surface area contributed by atoms with Crippen LogP contribution >= 0.6 is 0 Å². The lowest BCUT2D eigenvalue weighted by molar-refractivity contribution is 0.0696. The molecule has 0 fully saturated rings. The number of aromatic hydroxyl groups is 1. The monoisotopic (exact) mass is 412 g/mol. The second-order valence-electron chi connectivity index (χ2n) is 6.69. The van der Waals surface area contributed by atoms with Crippen molar-refractivity contribution in [3.05, 3.63) is 114 Å². The Labute approximate surface area is 179 Å². The molecule has 4 rings (SSSR count). The summed E-state index contributed by atoms with van der Waals surface area (Å²) >= 11 is 0. The van der Waals surface area contributed by atoms with Crippen LogP contribution in [0.3, 0.4) is 0 Å². The van der Waals surface area contributed by atoms with Crippen LogP contribution in [-0.2, 0) is 0 Å². The van der Waals surface area contributed by atoms with Crippen molar-refractivity contribution < 1.29 is 24.9 Å². The van der Waals surface area contributed by atoms with Gasteiger partial charge in [0.25, 0.3) is 0 Å². The zero-order valence-corrected chi connectivity index (χ0v) is 16.5. The van der Waals surface area contributed by atoms with Gasteiger partial charge in [-0.15, -0.1) is 0 Å². The molecule has 0 heterocycles. The average Bonchev–Trinajstić information content (AvgIpc) is 2.80. The molecule has 4 aromatic rings. The van der Waals surface area contributed by atoms with Crippen LogP contribution in [-0.4, -0.2) is 27.3 Å². The minimum atomic E-state index is -1.28. The number of hydrogen-bond donors (Lipinski definition) is 3. The van der Waals surface area contributed by atoms with E-state index in [9.17, 15) is 9.59 Å². The van der Waals surface area contributed by atoms with Crippen molar-refractivity contribution in [2.45, 2.75) is 0 Å². The maximum atomic E-state index is 10.4. The Bertz CT molecular complexity index is 1100. The first kappa shape index (κ1) is 21.3.